The smallest absolute Gasteiger partial charge is 0.238 e. The lowest BCUT2D eigenvalue weighted by atomic mass is 10.0. The van der Waals surface area contributed by atoms with E-state index in [2.05, 4.69) is 15.4 Å². The van der Waals surface area contributed by atoms with E-state index in [0.29, 0.717) is 11.6 Å². The van der Waals surface area contributed by atoms with Gasteiger partial charge in [-0.1, -0.05) is 12.1 Å². The Labute approximate surface area is 166 Å². The van der Waals surface area contributed by atoms with Crippen molar-refractivity contribution in [2.24, 2.45) is 12.2 Å². The third-order valence-electron chi connectivity index (χ3n) is 4.74. The van der Waals surface area contributed by atoms with Crippen LogP contribution in [0.3, 0.4) is 0 Å². The Kier molecular flexibility index (Phi) is 4.77. The minimum absolute atomic E-state index is 0.0591. The van der Waals surface area contributed by atoms with Crippen molar-refractivity contribution in [2.45, 2.75) is 30.6 Å². The predicted molar refractivity (Wildman–Crippen MR) is 106 cm³/mol. The van der Waals surface area contributed by atoms with E-state index >= 15 is 0 Å². The van der Waals surface area contributed by atoms with Crippen LogP contribution in [0, 0.1) is 0 Å². The van der Waals surface area contributed by atoms with Gasteiger partial charge >= 0.3 is 0 Å². The fraction of sp³-hybridized carbons (Fsp3) is 0.278. The van der Waals surface area contributed by atoms with Gasteiger partial charge in [0.25, 0.3) is 0 Å². The third kappa shape index (κ3) is 3.71. The topological polar surface area (TPSA) is 120 Å². The summed E-state index contributed by atoms with van der Waals surface area (Å²) in [6, 6.07) is 6.23. The van der Waals surface area contributed by atoms with Gasteiger partial charge in [0.2, 0.25) is 15.9 Å². The number of carbonyl (C=O) groups excluding carboxylic acids is 1. The van der Waals surface area contributed by atoms with Crippen LogP contribution in [0.1, 0.15) is 22.6 Å². The normalized spacial score (nSPS) is 13.1. The first-order chi connectivity index (χ1) is 13.3. The molecule has 3 aromatic rings. The Balaban J connectivity index is 1.39. The summed E-state index contributed by atoms with van der Waals surface area (Å²) in [7, 11) is -1.78. The SMILES string of the molecule is Cn1ncc2c1CCc1sc(NC(=O)CCc3ccc(S(N)(=O)=O)cc3)nc1-2. The molecule has 4 rings (SSSR count). The van der Waals surface area contributed by atoms with E-state index in [1.807, 2.05) is 17.9 Å². The molecule has 10 heteroatoms. The van der Waals surface area contributed by atoms with Crippen molar-refractivity contribution in [3.63, 3.8) is 0 Å². The highest BCUT2D eigenvalue weighted by Crippen LogP contribution is 2.37. The zero-order valence-electron chi connectivity index (χ0n) is 15.2. The number of nitrogens with zero attached hydrogens (tertiary/aromatic N) is 3. The summed E-state index contributed by atoms with van der Waals surface area (Å²) in [5, 5.41) is 12.8. The van der Waals surface area contributed by atoms with E-state index in [4.69, 9.17) is 5.14 Å². The number of nitrogens with two attached hydrogens (primary N) is 1. The molecular formula is C18H19N5O3S2. The molecular weight excluding hydrogens is 398 g/mol. The summed E-state index contributed by atoms with van der Waals surface area (Å²) in [4.78, 5) is 18.1. The molecule has 1 aromatic carbocycles. The number of hydrogen-bond acceptors (Lipinski definition) is 6. The molecule has 3 N–H and O–H groups in total. The number of fused-ring (bicyclic) bond motifs is 3. The fourth-order valence-corrected chi connectivity index (χ4v) is 4.77. The second-order valence-electron chi connectivity index (χ2n) is 6.66. The highest BCUT2D eigenvalue weighted by Gasteiger charge is 2.24. The molecule has 146 valence electrons. The van der Waals surface area contributed by atoms with E-state index in [-0.39, 0.29) is 17.2 Å². The molecule has 2 heterocycles. The van der Waals surface area contributed by atoms with Crippen LogP contribution >= 0.6 is 11.3 Å². The number of aryl methyl sites for hydroxylation is 3. The molecule has 1 amide bonds. The summed E-state index contributed by atoms with van der Waals surface area (Å²) in [5.41, 5.74) is 3.98. The Bertz CT molecular complexity index is 1150. The zero-order valence-corrected chi connectivity index (χ0v) is 16.8. The maximum Gasteiger partial charge on any atom is 0.238 e. The molecule has 8 nitrogen and oxygen atoms in total. The van der Waals surface area contributed by atoms with Gasteiger partial charge in [0, 0.05) is 29.6 Å². The van der Waals surface area contributed by atoms with Crippen molar-refractivity contribution in [1.82, 2.24) is 14.8 Å². The Morgan fingerprint density at radius 3 is 2.75 bits per heavy atom. The number of primary sulfonamides is 1. The van der Waals surface area contributed by atoms with Crippen molar-refractivity contribution >= 4 is 32.4 Å². The molecule has 0 atom stereocenters. The lowest BCUT2D eigenvalue weighted by molar-refractivity contribution is -0.116. The van der Waals surface area contributed by atoms with Crippen LogP contribution in [-0.2, 0) is 41.1 Å². The number of amides is 1. The summed E-state index contributed by atoms with van der Waals surface area (Å²) in [6.45, 7) is 0. The minimum Gasteiger partial charge on any atom is -0.302 e. The highest BCUT2D eigenvalue weighted by atomic mass is 32.2. The number of nitrogens with one attached hydrogen (secondary N) is 1. The van der Waals surface area contributed by atoms with Gasteiger partial charge in [-0.3, -0.25) is 9.48 Å². The van der Waals surface area contributed by atoms with Crippen LogP contribution in [0.25, 0.3) is 11.3 Å². The first-order valence-corrected chi connectivity index (χ1v) is 11.1. The van der Waals surface area contributed by atoms with Crippen molar-refractivity contribution < 1.29 is 13.2 Å². The Morgan fingerprint density at radius 2 is 2.04 bits per heavy atom. The lowest BCUT2D eigenvalue weighted by Gasteiger charge is -2.10. The van der Waals surface area contributed by atoms with Gasteiger partial charge in [0.05, 0.1) is 16.8 Å². The maximum atomic E-state index is 12.3. The van der Waals surface area contributed by atoms with Gasteiger partial charge in [-0.15, -0.1) is 11.3 Å². The number of anilines is 1. The van der Waals surface area contributed by atoms with Crippen molar-refractivity contribution in [1.29, 1.82) is 0 Å². The van der Waals surface area contributed by atoms with Crippen LogP contribution in [0.2, 0.25) is 0 Å². The zero-order chi connectivity index (χ0) is 19.9. The quantitative estimate of drug-likeness (QED) is 0.656. The number of thiazole rings is 1. The Morgan fingerprint density at radius 1 is 1.29 bits per heavy atom. The van der Waals surface area contributed by atoms with Gasteiger partial charge in [0.15, 0.2) is 5.13 Å². The van der Waals surface area contributed by atoms with Gasteiger partial charge in [-0.2, -0.15) is 5.10 Å². The van der Waals surface area contributed by atoms with Crippen LogP contribution in [-0.4, -0.2) is 29.1 Å². The van der Waals surface area contributed by atoms with Crippen molar-refractivity contribution in [3.05, 3.63) is 46.6 Å². The average Bonchev–Trinajstić information content (AvgIpc) is 3.22. The van der Waals surface area contributed by atoms with E-state index in [9.17, 15) is 13.2 Å². The van der Waals surface area contributed by atoms with Crippen molar-refractivity contribution in [2.75, 3.05) is 5.32 Å². The number of rotatable bonds is 5. The maximum absolute atomic E-state index is 12.3. The number of sulfonamides is 1. The Hall–Kier alpha value is -2.56. The van der Waals surface area contributed by atoms with E-state index in [0.717, 1.165) is 34.5 Å². The average molecular weight is 418 g/mol. The van der Waals surface area contributed by atoms with Crippen LogP contribution in [0.15, 0.2) is 35.4 Å². The van der Waals surface area contributed by atoms with Gasteiger partial charge in [0.1, 0.15) is 0 Å². The number of aromatic nitrogens is 3. The van der Waals surface area contributed by atoms with E-state index < -0.39 is 10.0 Å². The summed E-state index contributed by atoms with van der Waals surface area (Å²) >= 11 is 1.50. The molecule has 0 saturated carbocycles. The monoisotopic (exact) mass is 417 g/mol. The molecule has 0 aliphatic heterocycles. The molecule has 0 fully saturated rings. The second-order valence-corrected chi connectivity index (χ2v) is 9.30. The molecule has 28 heavy (non-hydrogen) atoms. The molecule has 0 unspecified atom stereocenters. The van der Waals surface area contributed by atoms with Crippen LogP contribution in [0.4, 0.5) is 5.13 Å². The summed E-state index contributed by atoms with van der Waals surface area (Å²) < 4.78 is 24.4. The highest BCUT2D eigenvalue weighted by molar-refractivity contribution is 7.89. The largest absolute Gasteiger partial charge is 0.302 e. The molecule has 1 aliphatic rings. The number of hydrogen-bond donors (Lipinski definition) is 2. The molecule has 2 aromatic heterocycles. The van der Waals surface area contributed by atoms with Crippen LogP contribution < -0.4 is 10.5 Å². The lowest BCUT2D eigenvalue weighted by Crippen LogP contribution is -2.13. The minimum atomic E-state index is -3.71. The second kappa shape index (κ2) is 7.12. The third-order valence-corrected chi connectivity index (χ3v) is 6.70. The van der Waals surface area contributed by atoms with Gasteiger partial charge < -0.3 is 5.32 Å². The molecule has 0 radical (unpaired) electrons. The van der Waals surface area contributed by atoms with Crippen LogP contribution in [0.5, 0.6) is 0 Å². The number of benzene rings is 1. The first-order valence-electron chi connectivity index (χ1n) is 8.74. The predicted octanol–water partition coefficient (Wildman–Crippen LogP) is 1.86. The van der Waals surface area contributed by atoms with E-state index in [1.54, 1.807) is 12.1 Å². The van der Waals surface area contributed by atoms with Gasteiger partial charge in [-0.25, -0.2) is 18.5 Å². The van der Waals surface area contributed by atoms with E-state index in [1.165, 1.54) is 29.2 Å². The fourth-order valence-electron chi connectivity index (χ4n) is 3.26. The summed E-state index contributed by atoms with van der Waals surface area (Å²) in [5.74, 6) is -0.131. The number of carbonyl (C=O) groups is 1. The molecule has 0 saturated heterocycles. The molecule has 0 spiro atoms. The molecule has 0 bridgehead atoms. The molecule has 1 aliphatic carbocycles. The standard InChI is InChI=1S/C18H19N5O3S2/c1-23-14-7-8-15-17(13(14)10-20-23)22-18(27-15)21-16(24)9-4-11-2-5-12(6-3-11)28(19,25)26/h2-3,5-6,10H,4,7-9H2,1H3,(H2,19,25,26)(H,21,22,24). The van der Waals surface area contributed by atoms with Crippen molar-refractivity contribution in [3.8, 4) is 11.3 Å². The summed E-state index contributed by atoms with van der Waals surface area (Å²) in [6.07, 6.45) is 4.41. The first kappa shape index (κ1) is 18.8. The van der Waals surface area contributed by atoms with Gasteiger partial charge in [-0.05, 0) is 37.0 Å².